The highest BCUT2D eigenvalue weighted by atomic mass is 16.7. The molecule has 0 saturated carbocycles. The molecule has 2 saturated heterocycles. The van der Waals surface area contributed by atoms with Gasteiger partial charge in [-0.2, -0.15) is 0 Å². The lowest BCUT2D eigenvalue weighted by Gasteiger charge is -2.32. The first-order valence-electron chi connectivity index (χ1n) is 8.22. The Kier molecular flexibility index (Phi) is 5.46. The second-order valence-electron chi connectivity index (χ2n) is 7.83. The standard InChI is InChI=1S/C16H29NO7/c1-8-11(18)12(19)13(22-8)10(9-7-21-16(5,6)23-9)17-14(20)24-15(2,3)4/h8-13,18-19H,7H2,1-6H3,(H,17,20)/t8-,9-,10-,11-,12+,13+/m1/s1. The summed E-state index contributed by atoms with van der Waals surface area (Å²) in [5.41, 5.74) is -0.664. The number of ether oxygens (including phenoxy) is 4. The summed E-state index contributed by atoms with van der Waals surface area (Å²) < 4.78 is 22.3. The van der Waals surface area contributed by atoms with Gasteiger partial charge in [-0.3, -0.25) is 0 Å². The predicted molar refractivity (Wildman–Crippen MR) is 84.4 cm³/mol. The molecule has 2 aliphatic heterocycles. The van der Waals surface area contributed by atoms with Gasteiger partial charge in [0.05, 0.1) is 18.8 Å². The third-order valence-electron chi connectivity index (χ3n) is 4.01. The average Bonchev–Trinajstić information content (AvgIpc) is 2.89. The van der Waals surface area contributed by atoms with Gasteiger partial charge < -0.3 is 34.5 Å². The number of nitrogens with one attached hydrogen (secondary N) is 1. The van der Waals surface area contributed by atoms with Gasteiger partial charge in [-0.1, -0.05) is 0 Å². The van der Waals surface area contributed by atoms with Crippen molar-refractivity contribution in [3.05, 3.63) is 0 Å². The van der Waals surface area contributed by atoms with Gasteiger partial charge in [-0.15, -0.1) is 0 Å². The fraction of sp³-hybridized carbons (Fsp3) is 0.938. The molecule has 24 heavy (non-hydrogen) atoms. The van der Waals surface area contributed by atoms with Crippen LogP contribution in [0, 0.1) is 0 Å². The van der Waals surface area contributed by atoms with E-state index in [1.165, 1.54) is 0 Å². The van der Waals surface area contributed by atoms with E-state index in [-0.39, 0.29) is 6.61 Å². The Morgan fingerprint density at radius 3 is 2.33 bits per heavy atom. The Morgan fingerprint density at radius 1 is 1.29 bits per heavy atom. The number of carbonyl (C=O) groups excluding carboxylic acids is 1. The molecule has 3 N–H and O–H groups in total. The fourth-order valence-electron chi connectivity index (χ4n) is 2.90. The van der Waals surface area contributed by atoms with Crippen molar-refractivity contribution in [2.45, 2.75) is 89.5 Å². The summed E-state index contributed by atoms with van der Waals surface area (Å²) in [6, 6.07) is -0.726. The van der Waals surface area contributed by atoms with Crippen molar-refractivity contribution >= 4 is 6.09 Å². The molecule has 0 aromatic carbocycles. The number of carbonyl (C=O) groups is 1. The van der Waals surface area contributed by atoms with Crippen LogP contribution in [-0.4, -0.2) is 70.9 Å². The lowest BCUT2D eigenvalue weighted by molar-refractivity contribution is -0.149. The van der Waals surface area contributed by atoms with Crippen LogP contribution in [0.1, 0.15) is 41.5 Å². The topological polar surface area (TPSA) is 106 Å². The second-order valence-corrected chi connectivity index (χ2v) is 7.83. The predicted octanol–water partition coefficient (Wildman–Crippen LogP) is 0.540. The van der Waals surface area contributed by atoms with Crippen molar-refractivity contribution in [1.29, 1.82) is 0 Å². The number of alkyl carbamates (subject to hydrolysis) is 1. The number of amides is 1. The summed E-state index contributed by atoms with van der Waals surface area (Å²) in [6.45, 7) is 10.7. The van der Waals surface area contributed by atoms with Crippen molar-refractivity contribution in [1.82, 2.24) is 5.32 Å². The van der Waals surface area contributed by atoms with Crippen LogP contribution < -0.4 is 5.32 Å². The molecule has 0 spiro atoms. The maximum Gasteiger partial charge on any atom is 0.408 e. The van der Waals surface area contributed by atoms with E-state index in [0.717, 1.165) is 0 Å². The molecule has 0 aromatic rings. The van der Waals surface area contributed by atoms with E-state index in [9.17, 15) is 15.0 Å². The van der Waals surface area contributed by atoms with Gasteiger partial charge in [0.1, 0.15) is 30.0 Å². The minimum absolute atomic E-state index is 0.227. The first-order valence-corrected chi connectivity index (χ1v) is 8.22. The molecule has 2 rings (SSSR count). The van der Waals surface area contributed by atoms with Gasteiger partial charge >= 0.3 is 6.09 Å². The van der Waals surface area contributed by atoms with Crippen molar-refractivity contribution in [2.75, 3.05) is 6.61 Å². The summed E-state index contributed by atoms with van der Waals surface area (Å²) in [6.07, 6.45) is -4.75. The summed E-state index contributed by atoms with van der Waals surface area (Å²) >= 11 is 0. The van der Waals surface area contributed by atoms with Crippen LogP contribution in [0.4, 0.5) is 4.79 Å². The Balaban J connectivity index is 2.15. The van der Waals surface area contributed by atoms with E-state index in [1.807, 2.05) is 0 Å². The molecule has 2 heterocycles. The monoisotopic (exact) mass is 347 g/mol. The maximum atomic E-state index is 12.2. The lowest BCUT2D eigenvalue weighted by Crippen LogP contribution is -2.56. The van der Waals surface area contributed by atoms with Crippen LogP contribution in [0.2, 0.25) is 0 Å². The normalized spacial score (nSPS) is 37.2. The van der Waals surface area contributed by atoms with Crippen molar-refractivity contribution < 1.29 is 34.0 Å². The number of aliphatic hydroxyl groups is 2. The van der Waals surface area contributed by atoms with E-state index in [2.05, 4.69) is 5.32 Å². The number of aliphatic hydroxyl groups excluding tert-OH is 2. The largest absolute Gasteiger partial charge is 0.444 e. The Morgan fingerprint density at radius 2 is 1.92 bits per heavy atom. The molecule has 0 aromatic heterocycles. The minimum atomic E-state index is -1.15. The molecule has 2 fully saturated rings. The molecule has 8 heteroatoms. The molecule has 8 nitrogen and oxygen atoms in total. The van der Waals surface area contributed by atoms with E-state index in [1.54, 1.807) is 41.5 Å². The van der Waals surface area contributed by atoms with Crippen LogP contribution in [-0.2, 0) is 18.9 Å². The van der Waals surface area contributed by atoms with Crippen LogP contribution >= 0.6 is 0 Å². The van der Waals surface area contributed by atoms with E-state index >= 15 is 0 Å². The molecular weight excluding hydrogens is 318 g/mol. The zero-order valence-corrected chi connectivity index (χ0v) is 15.1. The number of rotatable bonds is 3. The highest BCUT2D eigenvalue weighted by molar-refractivity contribution is 5.68. The van der Waals surface area contributed by atoms with Gasteiger partial charge in [-0.05, 0) is 41.5 Å². The average molecular weight is 347 g/mol. The molecule has 6 atom stereocenters. The highest BCUT2D eigenvalue weighted by Crippen LogP contribution is 2.31. The molecule has 0 radical (unpaired) electrons. The van der Waals surface area contributed by atoms with Gasteiger partial charge in [0.2, 0.25) is 0 Å². The van der Waals surface area contributed by atoms with Crippen LogP contribution in [0.15, 0.2) is 0 Å². The van der Waals surface area contributed by atoms with Gasteiger partial charge in [0.15, 0.2) is 5.79 Å². The molecule has 2 aliphatic rings. The summed E-state index contributed by atoms with van der Waals surface area (Å²) in [5.74, 6) is -0.799. The van der Waals surface area contributed by atoms with Gasteiger partial charge in [-0.25, -0.2) is 4.79 Å². The zero-order valence-electron chi connectivity index (χ0n) is 15.1. The third-order valence-corrected chi connectivity index (χ3v) is 4.01. The van der Waals surface area contributed by atoms with Crippen molar-refractivity contribution in [2.24, 2.45) is 0 Å². The fourth-order valence-corrected chi connectivity index (χ4v) is 2.90. The highest BCUT2D eigenvalue weighted by Gasteiger charge is 2.50. The van der Waals surface area contributed by atoms with Gasteiger partial charge in [0, 0.05) is 0 Å². The Bertz CT molecular complexity index is 462. The van der Waals surface area contributed by atoms with Gasteiger partial charge in [0.25, 0.3) is 0 Å². The number of hydrogen-bond donors (Lipinski definition) is 3. The van der Waals surface area contributed by atoms with Crippen LogP contribution in [0.5, 0.6) is 0 Å². The van der Waals surface area contributed by atoms with E-state index in [4.69, 9.17) is 18.9 Å². The second kappa shape index (κ2) is 6.76. The lowest BCUT2D eigenvalue weighted by atomic mass is 9.98. The Labute approximate surface area is 142 Å². The number of hydrogen-bond acceptors (Lipinski definition) is 7. The molecule has 0 unspecified atom stereocenters. The summed E-state index contributed by atoms with van der Waals surface area (Å²) in [5, 5.41) is 22.9. The first-order chi connectivity index (χ1) is 10.9. The molecule has 0 bridgehead atoms. The molecule has 140 valence electrons. The van der Waals surface area contributed by atoms with Crippen LogP contribution in [0.25, 0.3) is 0 Å². The minimum Gasteiger partial charge on any atom is -0.444 e. The Hall–Kier alpha value is -0.930. The molecule has 1 amide bonds. The first kappa shape index (κ1) is 19.4. The third kappa shape index (κ3) is 4.58. The van der Waals surface area contributed by atoms with Crippen molar-refractivity contribution in [3.63, 3.8) is 0 Å². The zero-order chi connectivity index (χ0) is 18.3. The smallest absolute Gasteiger partial charge is 0.408 e. The van der Waals surface area contributed by atoms with E-state index < -0.39 is 54.0 Å². The van der Waals surface area contributed by atoms with E-state index in [0.29, 0.717) is 0 Å². The van der Waals surface area contributed by atoms with Crippen molar-refractivity contribution in [3.8, 4) is 0 Å². The summed E-state index contributed by atoms with van der Waals surface area (Å²) in [7, 11) is 0. The quantitative estimate of drug-likeness (QED) is 0.684. The molecule has 0 aliphatic carbocycles. The summed E-state index contributed by atoms with van der Waals surface area (Å²) in [4.78, 5) is 12.2. The molecular formula is C16H29NO7. The SMILES string of the molecule is C[C@H]1O[C@@H]([C@H](NC(=O)OC(C)(C)C)[C@H]2COC(C)(C)O2)[C@@H](O)[C@@H]1O. The maximum absolute atomic E-state index is 12.2. The van der Waals surface area contributed by atoms with Crippen LogP contribution in [0.3, 0.4) is 0 Å².